The summed E-state index contributed by atoms with van der Waals surface area (Å²) in [6.07, 6.45) is 4.18. The fourth-order valence-electron chi connectivity index (χ4n) is 2.53. The second-order valence-electron chi connectivity index (χ2n) is 5.56. The van der Waals surface area contributed by atoms with Crippen molar-refractivity contribution in [1.82, 2.24) is 9.55 Å². The van der Waals surface area contributed by atoms with E-state index in [0.717, 1.165) is 11.1 Å². The third kappa shape index (κ3) is 4.10. The van der Waals surface area contributed by atoms with Crippen molar-refractivity contribution < 1.29 is 8.39 Å². The molecule has 6 heteroatoms. The molecule has 0 aliphatic heterocycles. The first-order valence-corrected chi connectivity index (χ1v) is 9.44. The number of rotatable bonds is 6. The van der Waals surface area contributed by atoms with E-state index in [1.165, 1.54) is 6.26 Å². The normalized spacial score (nSPS) is 14.9. The van der Waals surface area contributed by atoms with Gasteiger partial charge in [-0.25, -0.2) is 14.0 Å². The average Bonchev–Trinajstić information content (AvgIpc) is 3.01. The molecule has 5 nitrogen and oxygen atoms in total. The smallest absolute Gasteiger partial charge is 0.158 e. The summed E-state index contributed by atoms with van der Waals surface area (Å²) in [7, 11) is -3.14. The third-order valence-corrected chi connectivity index (χ3v) is 4.12. The Bertz CT molecular complexity index is 890. The number of nitrogens with zero attached hydrogens (tertiary/aromatic N) is 2. The first-order valence-electron chi connectivity index (χ1n) is 7.55. The summed E-state index contributed by atoms with van der Waals surface area (Å²) < 4.78 is 27.1. The molecule has 1 heterocycles. The molecule has 1 N–H and O–H groups in total. The zero-order valence-electron chi connectivity index (χ0n) is 13.3. The number of hydrogen-bond donors (Lipinski definition) is 1. The lowest BCUT2D eigenvalue weighted by Gasteiger charge is -2.19. The maximum atomic E-state index is 11.9. The monoisotopic (exact) mass is 341 g/mol. The highest BCUT2D eigenvalue weighted by Gasteiger charge is 2.23. The number of imidazole rings is 1. The van der Waals surface area contributed by atoms with Crippen LogP contribution in [0.5, 0.6) is 0 Å². The van der Waals surface area contributed by atoms with Crippen molar-refractivity contribution in [3.05, 3.63) is 90.0 Å². The van der Waals surface area contributed by atoms with Gasteiger partial charge in [-0.1, -0.05) is 60.7 Å². The van der Waals surface area contributed by atoms with Gasteiger partial charge in [0.2, 0.25) is 0 Å². The van der Waals surface area contributed by atoms with Gasteiger partial charge in [0.1, 0.15) is 5.82 Å². The molecule has 0 saturated heterocycles. The van der Waals surface area contributed by atoms with E-state index in [4.69, 9.17) is 8.96 Å². The molecule has 3 aromatic rings. The Morgan fingerprint density at radius 1 is 1.12 bits per heavy atom. The van der Waals surface area contributed by atoms with Crippen LogP contribution in [-0.2, 0) is 20.7 Å². The zero-order chi connectivity index (χ0) is 17.0. The van der Waals surface area contributed by atoms with Gasteiger partial charge in [-0.3, -0.25) is 4.18 Å². The van der Waals surface area contributed by atoms with Gasteiger partial charge >= 0.3 is 0 Å². The fraction of sp³-hybridized carbons (Fsp3) is 0.167. The van der Waals surface area contributed by atoms with Crippen molar-refractivity contribution in [2.24, 2.45) is 0 Å². The van der Waals surface area contributed by atoms with Gasteiger partial charge in [-0.05, 0) is 11.1 Å². The van der Waals surface area contributed by atoms with E-state index in [2.05, 4.69) is 4.98 Å². The van der Waals surface area contributed by atoms with Gasteiger partial charge in [0.15, 0.2) is 16.1 Å². The quantitative estimate of drug-likeness (QED) is 0.744. The molecule has 3 rings (SSSR count). The van der Waals surface area contributed by atoms with Crippen molar-refractivity contribution in [1.29, 1.82) is 4.78 Å². The molecule has 2 aromatic carbocycles. The second-order valence-corrected chi connectivity index (χ2v) is 7.29. The van der Waals surface area contributed by atoms with Gasteiger partial charge in [-0.2, -0.15) is 0 Å². The van der Waals surface area contributed by atoms with Gasteiger partial charge in [0.25, 0.3) is 0 Å². The van der Waals surface area contributed by atoms with Crippen LogP contribution in [0.15, 0.2) is 73.1 Å². The summed E-state index contributed by atoms with van der Waals surface area (Å²) in [6, 6.07) is 19.5. The lowest BCUT2D eigenvalue weighted by molar-refractivity contribution is 0.254. The minimum absolute atomic E-state index is 0.631. The van der Waals surface area contributed by atoms with Crippen LogP contribution in [0.4, 0.5) is 0 Å². The van der Waals surface area contributed by atoms with Gasteiger partial charge in [-0.15, -0.1) is 0 Å². The summed E-state index contributed by atoms with van der Waals surface area (Å²) in [4.78, 5) is 4.40. The van der Waals surface area contributed by atoms with Crippen molar-refractivity contribution in [3.63, 3.8) is 0 Å². The first kappa shape index (κ1) is 16.4. The van der Waals surface area contributed by atoms with E-state index in [1.54, 1.807) is 6.20 Å². The summed E-state index contributed by atoms with van der Waals surface area (Å²) in [6.45, 7) is 0.631. The van der Waals surface area contributed by atoms with Crippen LogP contribution < -0.4 is 0 Å². The van der Waals surface area contributed by atoms with E-state index >= 15 is 0 Å². The van der Waals surface area contributed by atoms with E-state index in [-0.39, 0.29) is 0 Å². The first-order chi connectivity index (χ1) is 11.5. The van der Waals surface area contributed by atoms with Gasteiger partial charge in [0.05, 0.1) is 0 Å². The topological polar surface area (TPSA) is 68.0 Å². The van der Waals surface area contributed by atoms with Crippen LogP contribution in [0, 0.1) is 4.78 Å². The molecular weight excluding hydrogens is 322 g/mol. The van der Waals surface area contributed by atoms with Crippen LogP contribution >= 0.6 is 0 Å². The standard InChI is InChI=1S/C18H19N3O2S/c1-24(19,22)23-17(16-10-6-3-7-11-16)18-20-12-13-21(18)14-15-8-4-2-5-9-15/h2-13,17,19H,14H2,1H3. The Kier molecular flexibility index (Phi) is 4.78. The Labute approximate surface area is 142 Å². The molecule has 24 heavy (non-hydrogen) atoms. The second kappa shape index (κ2) is 6.98. The van der Waals surface area contributed by atoms with Crippen LogP contribution in [0.2, 0.25) is 0 Å². The molecule has 0 aliphatic carbocycles. The summed E-state index contributed by atoms with van der Waals surface area (Å²) in [5.41, 5.74) is 1.95. The molecule has 0 bridgehead atoms. The Balaban J connectivity index is 1.98. The van der Waals surface area contributed by atoms with Crippen LogP contribution in [-0.4, -0.2) is 20.0 Å². The molecule has 124 valence electrons. The maximum absolute atomic E-state index is 11.9. The lowest BCUT2D eigenvalue weighted by Crippen LogP contribution is -2.16. The van der Waals surface area contributed by atoms with E-state index in [9.17, 15) is 4.21 Å². The number of benzene rings is 2. The summed E-state index contributed by atoms with van der Waals surface area (Å²) in [5.74, 6) is 0.631. The molecule has 0 saturated carbocycles. The van der Waals surface area contributed by atoms with Crippen molar-refractivity contribution >= 4 is 10.0 Å². The van der Waals surface area contributed by atoms with Crippen LogP contribution in [0.3, 0.4) is 0 Å². The molecule has 0 spiro atoms. The zero-order valence-corrected chi connectivity index (χ0v) is 14.1. The van der Waals surface area contributed by atoms with Gasteiger partial charge < -0.3 is 4.57 Å². The summed E-state index contributed by atoms with van der Waals surface area (Å²) in [5, 5.41) is 0. The molecule has 0 radical (unpaired) electrons. The minimum Gasteiger partial charge on any atom is -0.328 e. The molecule has 0 fully saturated rings. The largest absolute Gasteiger partial charge is 0.328 e. The number of nitrogens with one attached hydrogen (secondary N) is 1. The number of aromatic nitrogens is 2. The van der Waals surface area contributed by atoms with Gasteiger partial charge in [0, 0.05) is 25.2 Å². The van der Waals surface area contributed by atoms with Crippen LogP contribution in [0.25, 0.3) is 0 Å². The van der Waals surface area contributed by atoms with E-state index < -0.39 is 16.1 Å². The molecule has 0 amide bonds. The van der Waals surface area contributed by atoms with Crippen molar-refractivity contribution in [3.8, 4) is 0 Å². The van der Waals surface area contributed by atoms with E-state index in [0.29, 0.717) is 12.4 Å². The molecule has 2 unspecified atom stereocenters. The van der Waals surface area contributed by atoms with E-state index in [1.807, 2.05) is 71.4 Å². The molecule has 0 aliphatic rings. The SMILES string of the molecule is CS(=N)(=O)OC(c1ccccc1)c1nccn1Cc1ccccc1. The fourth-order valence-corrected chi connectivity index (χ4v) is 3.10. The third-order valence-electron chi connectivity index (χ3n) is 3.56. The summed E-state index contributed by atoms with van der Waals surface area (Å²) >= 11 is 0. The predicted molar refractivity (Wildman–Crippen MR) is 93.9 cm³/mol. The Hall–Kier alpha value is -2.44. The molecule has 2 atom stereocenters. The molecule has 1 aromatic heterocycles. The molecular formula is C18H19N3O2S. The average molecular weight is 341 g/mol. The Morgan fingerprint density at radius 3 is 2.38 bits per heavy atom. The Morgan fingerprint density at radius 2 is 1.75 bits per heavy atom. The highest BCUT2D eigenvalue weighted by atomic mass is 32.2. The van der Waals surface area contributed by atoms with Crippen molar-refractivity contribution in [2.75, 3.05) is 6.26 Å². The lowest BCUT2D eigenvalue weighted by atomic mass is 10.1. The highest BCUT2D eigenvalue weighted by Crippen LogP contribution is 2.27. The minimum atomic E-state index is -3.14. The van der Waals surface area contributed by atoms with Crippen molar-refractivity contribution in [2.45, 2.75) is 12.6 Å². The predicted octanol–water partition coefficient (Wildman–Crippen LogP) is 3.63. The number of hydrogen-bond acceptors (Lipinski definition) is 4. The maximum Gasteiger partial charge on any atom is 0.158 e. The van der Waals surface area contributed by atoms with Crippen LogP contribution in [0.1, 0.15) is 23.1 Å². The highest BCUT2D eigenvalue weighted by molar-refractivity contribution is 7.87.